The van der Waals surface area contributed by atoms with Crippen LogP contribution in [-0.2, 0) is 0 Å². The molecule has 56 heavy (non-hydrogen) atoms. The Labute approximate surface area is 324 Å². The lowest BCUT2D eigenvalue weighted by Crippen LogP contribution is -1.92. The fourth-order valence-corrected chi connectivity index (χ4v) is 8.77. The molecule has 0 aliphatic rings. The first-order valence-electron chi connectivity index (χ1n) is 19.1. The van der Waals surface area contributed by atoms with Gasteiger partial charge in [-0.15, -0.1) is 0 Å². The first-order chi connectivity index (χ1) is 27.8. The Balaban J connectivity index is 1.26. The van der Waals surface area contributed by atoms with Crippen molar-refractivity contribution in [3.05, 3.63) is 206 Å². The average molecular weight is 715 g/mol. The van der Waals surface area contributed by atoms with E-state index >= 15 is 0 Å². The first-order valence-corrected chi connectivity index (χ1v) is 19.1. The van der Waals surface area contributed by atoms with E-state index in [2.05, 4.69) is 206 Å². The zero-order valence-electron chi connectivity index (χ0n) is 30.4. The predicted molar refractivity (Wildman–Crippen MR) is 234 cm³/mol. The van der Waals surface area contributed by atoms with Crippen molar-refractivity contribution in [3.63, 3.8) is 0 Å². The second-order valence-electron chi connectivity index (χ2n) is 14.3. The molecule has 0 amide bonds. The summed E-state index contributed by atoms with van der Waals surface area (Å²) in [6.07, 6.45) is 0. The summed E-state index contributed by atoms with van der Waals surface area (Å²) in [6.45, 7) is 0. The van der Waals surface area contributed by atoms with Crippen LogP contribution in [0.5, 0.6) is 0 Å². The Morgan fingerprint density at radius 3 is 0.875 bits per heavy atom. The molecule has 0 N–H and O–H groups in total. The first kappa shape index (κ1) is 32.0. The molecule has 0 saturated heterocycles. The maximum atomic E-state index is 6.85. The van der Waals surface area contributed by atoms with E-state index in [0.29, 0.717) is 0 Å². The highest BCUT2D eigenvalue weighted by Crippen LogP contribution is 2.52. The van der Waals surface area contributed by atoms with Crippen LogP contribution in [0.3, 0.4) is 0 Å². The molecule has 2 aromatic heterocycles. The van der Waals surface area contributed by atoms with E-state index in [-0.39, 0.29) is 0 Å². The van der Waals surface area contributed by atoms with Gasteiger partial charge in [-0.1, -0.05) is 194 Å². The van der Waals surface area contributed by atoms with Gasteiger partial charge in [0.05, 0.1) is 0 Å². The molecule has 11 aromatic rings. The molecule has 2 heteroatoms. The van der Waals surface area contributed by atoms with Gasteiger partial charge >= 0.3 is 0 Å². The molecule has 262 valence electrons. The molecule has 0 radical (unpaired) electrons. The van der Waals surface area contributed by atoms with Crippen molar-refractivity contribution in [2.45, 2.75) is 0 Å². The second-order valence-corrected chi connectivity index (χ2v) is 14.3. The molecular weight excluding hydrogens is 681 g/mol. The molecule has 11 rings (SSSR count). The van der Waals surface area contributed by atoms with Crippen LogP contribution < -0.4 is 0 Å². The topological polar surface area (TPSA) is 26.3 Å². The minimum Gasteiger partial charge on any atom is -0.455 e. The van der Waals surface area contributed by atoms with E-state index in [0.717, 1.165) is 78.0 Å². The number of benzene rings is 9. The number of hydrogen-bond donors (Lipinski definition) is 0. The normalized spacial score (nSPS) is 11.6. The van der Waals surface area contributed by atoms with Gasteiger partial charge in [0.15, 0.2) is 0 Å². The fraction of sp³-hybridized carbons (Fsp3) is 0. The lowest BCUT2D eigenvalue weighted by Gasteiger charge is -2.19. The van der Waals surface area contributed by atoms with Gasteiger partial charge in [-0.2, -0.15) is 0 Å². The molecule has 0 aliphatic heterocycles. The zero-order chi connectivity index (χ0) is 37.0. The monoisotopic (exact) mass is 714 g/mol. The fourth-order valence-electron chi connectivity index (χ4n) is 8.77. The summed E-state index contributed by atoms with van der Waals surface area (Å²) in [5.74, 6) is 1.75. The highest BCUT2D eigenvalue weighted by Gasteiger charge is 2.26. The third kappa shape index (κ3) is 5.04. The lowest BCUT2D eigenvalue weighted by molar-refractivity contribution is 0.632. The highest BCUT2D eigenvalue weighted by molar-refractivity contribution is 6.27. The van der Waals surface area contributed by atoms with Gasteiger partial charge < -0.3 is 8.83 Å². The van der Waals surface area contributed by atoms with Crippen LogP contribution in [0.2, 0.25) is 0 Å². The van der Waals surface area contributed by atoms with Gasteiger partial charge in [-0.25, -0.2) is 0 Å². The summed E-state index contributed by atoms with van der Waals surface area (Å²) in [5.41, 5.74) is 12.9. The van der Waals surface area contributed by atoms with E-state index in [1.165, 1.54) is 32.7 Å². The average Bonchev–Trinajstić information content (AvgIpc) is 3.87. The molecule has 2 heterocycles. The minimum atomic E-state index is 0.863. The van der Waals surface area contributed by atoms with Gasteiger partial charge in [0, 0.05) is 33.0 Å². The molecule has 2 nitrogen and oxygen atoms in total. The Morgan fingerprint density at radius 1 is 0.232 bits per heavy atom. The van der Waals surface area contributed by atoms with Gasteiger partial charge in [-0.3, -0.25) is 0 Å². The van der Waals surface area contributed by atoms with Crippen LogP contribution in [0.1, 0.15) is 0 Å². The van der Waals surface area contributed by atoms with Crippen molar-refractivity contribution in [1.29, 1.82) is 0 Å². The highest BCUT2D eigenvalue weighted by atomic mass is 16.3. The summed E-state index contributed by atoms with van der Waals surface area (Å²) in [4.78, 5) is 0. The van der Waals surface area contributed by atoms with Gasteiger partial charge in [0.2, 0.25) is 0 Å². The van der Waals surface area contributed by atoms with Crippen LogP contribution in [0.25, 0.3) is 111 Å². The van der Waals surface area contributed by atoms with Crippen molar-refractivity contribution in [3.8, 4) is 67.2 Å². The predicted octanol–water partition coefficient (Wildman–Crippen LogP) is 15.5. The van der Waals surface area contributed by atoms with Crippen molar-refractivity contribution in [1.82, 2.24) is 0 Å². The van der Waals surface area contributed by atoms with Crippen LogP contribution in [0.15, 0.2) is 215 Å². The molecular formula is C54H34O2. The molecule has 0 saturated carbocycles. The van der Waals surface area contributed by atoms with E-state index in [1.807, 2.05) is 0 Å². The molecule has 0 atom stereocenters. The number of hydrogen-bond acceptors (Lipinski definition) is 2. The van der Waals surface area contributed by atoms with Gasteiger partial charge in [0.1, 0.15) is 22.7 Å². The Kier molecular flexibility index (Phi) is 7.53. The van der Waals surface area contributed by atoms with Crippen LogP contribution in [0, 0.1) is 0 Å². The summed E-state index contributed by atoms with van der Waals surface area (Å²) >= 11 is 0. The van der Waals surface area contributed by atoms with Crippen molar-refractivity contribution >= 4 is 43.5 Å². The largest absolute Gasteiger partial charge is 0.455 e. The smallest absolute Gasteiger partial charge is 0.143 e. The Bertz CT molecular complexity index is 2930. The molecule has 0 fully saturated rings. The maximum absolute atomic E-state index is 6.85. The lowest BCUT2D eigenvalue weighted by atomic mass is 9.83. The third-order valence-corrected chi connectivity index (χ3v) is 11.1. The zero-order valence-corrected chi connectivity index (χ0v) is 30.4. The molecule has 0 bridgehead atoms. The third-order valence-electron chi connectivity index (χ3n) is 11.1. The van der Waals surface area contributed by atoms with Crippen LogP contribution >= 0.6 is 0 Å². The summed E-state index contributed by atoms with van der Waals surface area (Å²) in [7, 11) is 0. The van der Waals surface area contributed by atoms with E-state index in [4.69, 9.17) is 8.83 Å². The van der Waals surface area contributed by atoms with Crippen molar-refractivity contribution in [2.75, 3.05) is 0 Å². The minimum absolute atomic E-state index is 0.863. The summed E-state index contributed by atoms with van der Waals surface area (Å²) in [5, 5.41) is 6.94. The van der Waals surface area contributed by atoms with Crippen molar-refractivity contribution < 1.29 is 8.83 Å². The van der Waals surface area contributed by atoms with Gasteiger partial charge in [-0.05, 0) is 67.1 Å². The van der Waals surface area contributed by atoms with E-state index in [1.54, 1.807) is 0 Å². The van der Waals surface area contributed by atoms with Crippen molar-refractivity contribution in [2.24, 2.45) is 0 Å². The standard InChI is InChI=1S/C54H34O2/c1-5-19-35(20-6-1)47-51-43(31-17-33-45(51)55-53(47)37-23-9-3-10-24-37)49-39-27-13-15-29-41(39)50(42-30-16-14-28-40(42)49)44-32-18-34-46-52(44)48(36-21-7-2-8-22-36)54(56-46)38-25-11-4-12-26-38/h1-34H. The SMILES string of the molecule is c1ccc(-c2oc3cccc(-c4c5ccccc5c(-c5cccc6oc(-c7ccccc7)c(-c7ccccc7)c56)c5ccccc45)c3c2-c2ccccc2)cc1. The van der Waals surface area contributed by atoms with Crippen LogP contribution in [-0.4, -0.2) is 0 Å². The molecule has 0 aliphatic carbocycles. The molecule has 9 aromatic carbocycles. The summed E-state index contributed by atoms with van der Waals surface area (Å²) in [6, 6.07) is 73.0. The quantitative estimate of drug-likeness (QED) is 0.160. The molecule has 0 unspecified atom stereocenters. The van der Waals surface area contributed by atoms with E-state index in [9.17, 15) is 0 Å². The Hall–Kier alpha value is -7.42. The van der Waals surface area contributed by atoms with Crippen LogP contribution in [0.4, 0.5) is 0 Å². The Morgan fingerprint density at radius 2 is 0.536 bits per heavy atom. The number of rotatable bonds is 6. The van der Waals surface area contributed by atoms with Gasteiger partial charge in [0.25, 0.3) is 0 Å². The number of furan rings is 2. The second kappa shape index (κ2) is 13.2. The van der Waals surface area contributed by atoms with E-state index < -0.39 is 0 Å². The summed E-state index contributed by atoms with van der Waals surface area (Å²) < 4.78 is 13.7. The number of fused-ring (bicyclic) bond motifs is 4. The molecule has 0 spiro atoms. The maximum Gasteiger partial charge on any atom is 0.143 e.